The molecule has 1 aromatic heterocycles. The van der Waals surface area contributed by atoms with Crippen molar-refractivity contribution in [2.24, 2.45) is 0 Å². The van der Waals surface area contributed by atoms with E-state index in [0.29, 0.717) is 6.04 Å². The maximum atomic E-state index is 4.53. The lowest BCUT2D eigenvalue weighted by atomic mass is 10.1. The number of aryl methyl sites for hydroxylation is 1. The van der Waals surface area contributed by atoms with Crippen molar-refractivity contribution in [3.05, 3.63) is 18.2 Å². The second kappa shape index (κ2) is 8.29. The van der Waals surface area contributed by atoms with Gasteiger partial charge in [-0.05, 0) is 19.4 Å². The smallest absolute Gasteiger partial charge is 0.125 e. The van der Waals surface area contributed by atoms with Gasteiger partial charge in [0.25, 0.3) is 0 Å². The molecule has 0 aliphatic heterocycles. The van der Waals surface area contributed by atoms with Crippen molar-refractivity contribution in [1.29, 1.82) is 0 Å². The summed E-state index contributed by atoms with van der Waals surface area (Å²) in [5.74, 6) is 1.21. The lowest BCUT2D eigenvalue weighted by molar-refractivity contribution is 0.444. The van der Waals surface area contributed by atoms with Gasteiger partial charge in [-0.2, -0.15) is 0 Å². The first-order chi connectivity index (χ1) is 8.33. The average Bonchev–Trinajstić information content (AvgIpc) is 2.77. The summed E-state index contributed by atoms with van der Waals surface area (Å²) in [7, 11) is 0. The summed E-state index contributed by atoms with van der Waals surface area (Å²) in [5, 5.41) is 3.56. The quantitative estimate of drug-likeness (QED) is 0.666. The number of hydrogen-bond acceptors (Lipinski definition) is 2. The van der Waals surface area contributed by atoms with Gasteiger partial charge in [0, 0.05) is 18.9 Å². The van der Waals surface area contributed by atoms with Crippen molar-refractivity contribution in [2.75, 3.05) is 6.54 Å². The minimum Gasteiger partial charge on any atom is -0.334 e. The maximum absolute atomic E-state index is 4.53. The van der Waals surface area contributed by atoms with E-state index < -0.39 is 0 Å². The Morgan fingerprint density at radius 3 is 2.71 bits per heavy atom. The molecule has 3 heteroatoms. The largest absolute Gasteiger partial charge is 0.334 e. The molecule has 1 rings (SSSR count). The molecule has 1 N–H and O–H groups in total. The predicted molar refractivity (Wildman–Crippen MR) is 73.1 cm³/mol. The summed E-state index contributed by atoms with van der Waals surface area (Å²) < 4.78 is 2.29. The Labute approximate surface area is 106 Å². The third-order valence-corrected chi connectivity index (χ3v) is 3.07. The van der Waals surface area contributed by atoms with Crippen LogP contribution in [-0.4, -0.2) is 16.1 Å². The van der Waals surface area contributed by atoms with Gasteiger partial charge in [-0.25, -0.2) is 4.98 Å². The molecule has 1 unspecified atom stereocenters. The van der Waals surface area contributed by atoms with Gasteiger partial charge in [0.05, 0.1) is 6.04 Å². The number of nitrogens with zero attached hydrogens (tertiary/aromatic N) is 2. The lowest BCUT2D eigenvalue weighted by Gasteiger charge is -2.18. The first-order valence-corrected chi connectivity index (χ1v) is 7.07. The van der Waals surface area contributed by atoms with Crippen LogP contribution in [0.5, 0.6) is 0 Å². The van der Waals surface area contributed by atoms with E-state index in [4.69, 9.17) is 0 Å². The molecule has 0 amide bonds. The molecule has 0 saturated carbocycles. The van der Waals surface area contributed by atoms with Crippen LogP contribution in [0.2, 0.25) is 0 Å². The molecule has 0 aliphatic carbocycles. The molecule has 0 bridgehead atoms. The summed E-state index contributed by atoms with van der Waals surface area (Å²) in [6.07, 6.45) is 10.3. The van der Waals surface area contributed by atoms with Crippen molar-refractivity contribution < 1.29 is 0 Å². The summed E-state index contributed by atoms with van der Waals surface area (Å²) in [5.41, 5.74) is 0. The topological polar surface area (TPSA) is 29.9 Å². The van der Waals surface area contributed by atoms with E-state index in [9.17, 15) is 0 Å². The summed E-state index contributed by atoms with van der Waals surface area (Å²) in [6.45, 7) is 8.71. The van der Waals surface area contributed by atoms with Crippen LogP contribution < -0.4 is 5.32 Å². The van der Waals surface area contributed by atoms with Gasteiger partial charge in [-0.15, -0.1) is 0 Å². The highest BCUT2D eigenvalue weighted by Gasteiger charge is 2.14. The average molecular weight is 237 g/mol. The molecule has 1 atom stereocenters. The fraction of sp³-hybridized carbons (Fsp3) is 0.786. The van der Waals surface area contributed by atoms with E-state index in [-0.39, 0.29) is 0 Å². The Morgan fingerprint density at radius 2 is 2.06 bits per heavy atom. The van der Waals surface area contributed by atoms with E-state index in [1.807, 2.05) is 6.20 Å². The van der Waals surface area contributed by atoms with Crippen LogP contribution in [0.25, 0.3) is 0 Å². The van der Waals surface area contributed by atoms with Gasteiger partial charge in [0.15, 0.2) is 0 Å². The predicted octanol–water partition coefficient (Wildman–Crippen LogP) is 3.52. The molecule has 0 saturated heterocycles. The Bertz CT molecular complexity index is 293. The number of nitrogens with one attached hydrogen (secondary N) is 1. The number of imidazole rings is 1. The number of rotatable bonds is 9. The Morgan fingerprint density at radius 1 is 1.24 bits per heavy atom. The van der Waals surface area contributed by atoms with Crippen molar-refractivity contribution >= 4 is 0 Å². The van der Waals surface area contributed by atoms with Gasteiger partial charge in [-0.1, -0.05) is 40.0 Å². The highest BCUT2D eigenvalue weighted by atomic mass is 15.1. The number of aromatic nitrogens is 2. The summed E-state index contributed by atoms with van der Waals surface area (Å²) >= 11 is 0. The van der Waals surface area contributed by atoms with E-state index in [0.717, 1.165) is 19.5 Å². The Kier molecular flexibility index (Phi) is 6.94. The minimum atomic E-state index is 0.424. The Balaban J connectivity index is 2.63. The van der Waals surface area contributed by atoms with Crippen LogP contribution in [0.1, 0.15) is 64.7 Å². The molecular formula is C14H27N3. The van der Waals surface area contributed by atoms with Crippen LogP contribution in [0.15, 0.2) is 12.4 Å². The molecule has 0 spiro atoms. The highest BCUT2D eigenvalue weighted by Crippen LogP contribution is 2.18. The molecule has 1 heterocycles. The second-order valence-electron chi connectivity index (χ2n) is 4.58. The SMILES string of the molecule is CCCCCC(NCC)c1nccn1CCC. The van der Waals surface area contributed by atoms with Crippen molar-refractivity contribution in [3.63, 3.8) is 0 Å². The van der Waals surface area contributed by atoms with Crippen molar-refractivity contribution in [1.82, 2.24) is 14.9 Å². The fourth-order valence-corrected chi connectivity index (χ4v) is 2.23. The van der Waals surface area contributed by atoms with Gasteiger partial charge in [0.2, 0.25) is 0 Å². The fourth-order valence-electron chi connectivity index (χ4n) is 2.23. The molecule has 1 aromatic rings. The molecule has 0 fully saturated rings. The lowest BCUT2D eigenvalue weighted by Crippen LogP contribution is -2.24. The van der Waals surface area contributed by atoms with Crippen molar-refractivity contribution in [2.45, 2.75) is 65.5 Å². The van der Waals surface area contributed by atoms with Crippen molar-refractivity contribution in [3.8, 4) is 0 Å². The molecule has 0 aliphatic rings. The van der Waals surface area contributed by atoms with E-state index in [1.54, 1.807) is 0 Å². The molecular weight excluding hydrogens is 210 g/mol. The monoisotopic (exact) mass is 237 g/mol. The van der Waals surface area contributed by atoms with Gasteiger partial charge < -0.3 is 9.88 Å². The highest BCUT2D eigenvalue weighted by molar-refractivity contribution is 4.99. The third-order valence-electron chi connectivity index (χ3n) is 3.07. The van der Waals surface area contributed by atoms with E-state index >= 15 is 0 Å². The van der Waals surface area contributed by atoms with Crippen LogP contribution in [-0.2, 0) is 6.54 Å². The van der Waals surface area contributed by atoms with Gasteiger partial charge in [0.1, 0.15) is 5.82 Å². The van der Waals surface area contributed by atoms with Crippen LogP contribution >= 0.6 is 0 Å². The molecule has 98 valence electrons. The second-order valence-corrected chi connectivity index (χ2v) is 4.58. The summed E-state index contributed by atoms with van der Waals surface area (Å²) in [6, 6.07) is 0.424. The zero-order valence-electron chi connectivity index (χ0n) is 11.6. The third kappa shape index (κ3) is 4.50. The van der Waals surface area contributed by atoms with E-state index in [1.165, 1.54) is 31.5 Å². The first-order valence-electron chi connectivity index (χ1n) is 7.07. The molecule has 0 aromatic carbocycles. The molecule has 17 heavy (non-hydrogen) atoms. The number of hydrogen-bond donors (Lipinski definition) is 1. The van der Waals surface area contributed by atoms with Gasteiger partial charge in [-0.3, -0.25) is 0 Å². The van der Waals surface area contributed by atoms with Gasteiger partial charge >= 0.3 is 0 Å². The minimum absolute atomic E-state index is 0.424. The normalized spacial score (nSPS) is 12.9. The summed E-state index contributed by atoms with van der Waals surface area (Å²) in [4.78, 5) is 4.53. The number of unbranched alkanes of at least 4 members (excludes halogenated alkanes) is 2. The van der Waals surface area contributed by atoms with Crippen LogP contribution in [0.3, 0.4) is 0 Å². The standard InChI is InChI=1S/C14H27N3/c1-4-7-8-9-13(15-6-3)14-16-10-12-17(14)11-5-2/h10,12-13,15H,4-9,11H2,1-3H3. The van der Waals surface area contributed by atoms with Crippen LogP contribution in [0, 0.1) is 0 Å². The van der Waals surface area contributed by atoms with E-state index in [2.05, 4.69) is 41.8 Å². The zero-order chi connectivity index (χ0) is 12.5. The molecule has 0 radical (unpaired) electrons. The Hall–Kier alpha value is -0.830. The maximum Gasteiger partial charge on any atom is 0.125 e. The van der Waals surface area contributed by atoms with Crippen LogP contribution in [0.4, 0.5) is 0 Å². The molecule has 3 nitrogen and oxygen atoms in total. The first kappa shape index (κ1) is 14.2. The zero-order valence-corrected chi connectivity index (χ0v) is 11.6.